The molecule has 6 heteroatoms. The molecule has 3 heterocycles. The molecular formula is C19H19BN2O3. The highest BCUT2D eigenvalue weighted by Gasteiger charge is 2.40. The Morgan fingerprint density at radius 1 is 1.24 bits per heavy atom. The maximum atomic E-state index is 12.6. The van der Waals surface area contributed by atoms with Crippen molar-refractivity contribution in [2.75, 3.05) is 0 Å². The van der Waals surface area contributed by atoms with Crippen molar-refractivity contribution in [3.63, 3.8) is 0 Å². The molecule has 2 N–H and O–H groups in total. The fourth-order valence-corrected chi connectivity index (χ4v) is 3.40. The van der Waals surface area contributed by atoms with E-state index in [9.17, 15) is 9.82 Å². The lowest BCUT2D eigenvalue weighted by Gasteiger charge is -2.20. The third kappa shape index (κ3) is 2.73. The molecule has 4 rings (SSSR count). The SMILES string of the molecule is CC1(C)OB(O)c2ccc(CNC(=O)c3cccn4cccc34)cc21. The lowest BCUT2D eigenvalue weighted by Crippen LogP contribution is -2.28. The van der Waals surface area contributed by atoms with E-state index >= 15 is 0 Å². The van der Waals surface area contributed by atoms with Gasteiger partial charge in [0.1, 0.15) is 0 Å². The fourth-order valence-electron chi connectivity index (χ4n) is 3.40. The molecule has 0 aliphatic carbocycles. The minimum atomic E-state index is -0.888. The smallest absolute Gasteiger partial charge is 0.423 e. The van der Waals surface area contributed by atoms with Gasteiger partial charge < -0.3 is 19.4 Å². The summed E-state index contributed by atoms with van der Waals surface area (Å²) in [7, 11) is -0.888. The minimum Gasteiger partial charge on any atom is -0.423 e. The Morgan fingerprint density at radius 3 is 2.80 bits per heavy atom. The van der Waals surface area contributed by atoms with Gasteiger partial charge in [0, 0.05) is 18.9 Å². The Morgan fingerprint density at radius 2 is 2.00 bits per heavy atom. The standard InChI is InChI=1S/C19H19BN2O3/c1-19(2)15-11-13(7-8-16(15)20(24)25-19)12-21-18(23)14-5-3-9-22-10-4-6-17(14)22/h3-11,24H,12H2,1-2H3,(H,21,23). The van der Waals surface area contributed by atoms with Gasteiger partial charge in [-0.05, 0) is 54.7 Å². The highest BCUT2D eigenvalue weighted by molar-refractivity contribution is 6.61. The predicted octanol–water partition coefficient (Wildman–Crippen LogP) is 1.82. The van der Waals surface area contributed by atoms with Crippen LogP contribution in [0.25, 0.3) is 5.52 Å². The number of amides is 1. The van der Waals surface area contributed by atoms with Crippen molar-refractivity contribution < 1.29 is 14.5 Å². The van der Waals surface area contributed by atoms with E-state index in [-0.39, 0.29) is 5.91 Å². The molecule has 1 aliphatic heterocycles. The molecule has 3 aromatic rings. The first-order valence-corrected chi connectivity index (χ1v) is 8.29. The number of hydrogen-bond donors (Lipinski definition) is 2. The van der Waals surface area contributed by atoms with Crippen molar-refractivity contribution >= 4 is 24.0 Å². The van der Waals surface area contributed by atoms with E-state index < -0.39 is 12.7 Å². The Hall–Kier alpha value is -2.57. The van der Waals surface area contributed by atoms with E-state index in [1.54, 1.807) is 0 Å². The van der Waals surface area contributed by atoms with Gasteiger partial charge in [-0.15, -0.1) is 0 Å². The summed E-state index contributed by atoms with van der Waals surface area (Å²) >= 11 is 0. The van der Waals surface area contributed by atoms with Crippen molar-refractivity contribution in [3.8, 4) is 0 Å². The van der Waals surface area contributed by atoms with Crippen LogP contribution in [-0.2, 0) is 16.8 Å². The quantitative estimate of drug-likeness (QED) is 0.719. The zero-order valence-corrected chi connectivity index (χ0v) is 14.2. The van der Waals surface area contributed by atoms with Crippen LogP contribution >= 0.6 is 0 Å². The average Bonchev–Trinajstić information content (AvgIpc) is 3.15. The number of carbonyl (C=O) groups is 1. The largest absolute Gasteiger partial charge is 0.492 e. The summed E-state index contributed by atoms with van der Waals surface area (Å²) < 4.78 is 7.50. The number of benzene rings is 1. The van der Waals surface area contributed by atoms with Gasteiger partial charge in [0.2, 0.25) is 0 Å². The number of rotatable bonds is 3. The molecule has 0 saturated heterocycles. The molecule has 0 atom stereocenters. The number of nitrogens with one attached hydrogen (secondary N) is 1. The van der Waals surface area contributed by atoms with Crippen LogP contribution in [0.2, 0.25) is 0 Å². The maximum absolute atomic E-state index is 12.6. The van der Waals surface area contributed by atoms with Crippen LogP contribution in [-0.4, -0.2) is 22.5 Å². The van der Waals surface area contributed by atoms with Crippen LogP contribution in [0, 0.1) is 0 Å². The zero-order chi connectivity index (χ0) is 17.6. The zero-order valence-electron chi connectivity index (χ0n) is 14.2. The van der Waals surface area contributed by atoms with E-state index in [1.165, 1.54) is 0 Å². The van der Waals surface area contributed by atoms with Crippen LogP contribution in [0.5, 0.6) is 0 Å². The van der Waals surface area contributed by atoms with Crippen LogP contribution in [0.1, 0.15) is 35.3 Å². The highest BCUT2D eigenvalue weighted by Crippen LogP contribution is 2.30. The van der Waals surface area contributed by atoms with Gasteiger partial charge in [-0.2, -0.15) is 0 Å². The third-order valence-corrected chi connectivity index (χ3v) is 4.70. The number of fused-ring (bicyclic) bond motifs is 2. The van der Waals surface area contributed by atoms with Gasteiger partial charge in [0.15, 0.2) is 0 Å². The van der Waals surface area contributed by atoms with E-state index in [4.69, 9.17) is 4.65 Å². The van der Waals surface area contributed by atoms with Crippen molar-refractivity contribution in [3.05, 3.63) is 71.5 Å². The van der Waals surface area contributed by atoms with Crippen molar-refractivity contribution in [1.82, 2.24) is 9.72 Å². The van der Waals surface area contributed by atoms with E-state index in [0.717, 1.165) is 22.1 Å². The third-order valence-electron chi connectivity index (χ3n) is 4.70. The number of pyridine rings is 1. The number of hydrogen-bond acceptors (Lipinski definition) is 3. The Kier molecular flexibility index (Phi) is 3.67. The molecule has 25 heavy (non-hydrogen) atoms. The van der Waals surface area contributed by atoms with Crippen LogP contribution < -0.4 is 10.8 Å². The monoisotopic (exact) mass is 334 g/mol. The predicted molar refractivity (Wildman–Crippen MR) is 96.7 cm³/mol. The molecule has 1 amide bonds. The van der Waals surface area contributed by atoms with Crippen LogP contribution in [0.15, 0.2) is 54.9 Å². The van der Waals surface area contributed by atoms with Crippen LogP contribution in [0.3, 0.4) is 0 Å². The second-order valence-electron chi connectivity index (χ2n) is 6.81. The molecular weight excluding hydrogens is 315 g/mol. The maximum Gasteiger partial charge on any atom is 0.492 e. The van der Waals surface area contributed by atoms with Gasteiger partial charge in [-0.1, -0.05) is 18.2 Å². The molecule has 1 aromatic carbocycles. The summed E-state index contributed by atoms with van der Waals surface area (Å²) in [6.07, 6.45) is 3.83. The Labute approximate surface area is 146 Å². The first kappa shape index (κ1) is 15.9. The summed E-state index contributed by atoms with van der Waals surface area (Å²) in [6.45, 7) is 4.27. The minimum absolute atomic E-state index is 0.111. The Bertz CT molecular complexity index is 964. The molecule has 5 nitrogen and oxygen atoms in total. The lowest BCUT2D eigenvalue weighted by atomic mass is 9.78. The molecule has 0 saturated carbocycles. The van der Waals surface area contributed by atoms with E-state index in [1.807, 2.05) is 73.1 Å². The molecule has 0 radical (unpaired) electrons. The summed E-state index contributed by atoms with van der Waals surface area (Å²) in [5, 5.41) is 12.9. The molecule has 2 aromatic heterocycles. The van der Waals surface area contributed by atoms with Crippen LogP contribution in [0.4, 0.5) is 0 Å². The molecule has 126 valence electrons. The highest BCUT2D eigenvalue weighted by atomic mass is 16.5. The summed E-state index contributed by atoms with van der Waals surface area (Å²) in [6, 6.07) is 13.3. The van der Waals surface area contributed by atoms with Gasteiger partial charge in [-0.25, -0.2) is 0 Å². The lowest BCUT2D eigenvalue weighted by molar-refractivity contribution is 0.0952. The summed E-state index contributed by atoms with van der Waals surface area (Å²) in [5.74, 6) is -0.111. The van der Waals surface area contributed by atoms with E-state index in [2.05, 4.69) is 5.32 Å². The van der Waals surface area contributed by atoms with E-state index in [0.29, 0.717) is 12.1 Å². The molecule has 1 aliphatic rings. The first-order chi connectivity index (χ1) is 12.0. The van der Waals surface area contributed by atoms with Crippen molar-refractivity contribution in [2.24, 2.45) is 0 Å². The summed E-state index contributed by atoms with van der Waals surface area (Å²) in [4.78, 5) is 12.6. The van der Waals surface area contributed by atoms with Gasteiger partial charge in [-0.3, -0.25) is 4.79 Å². The molecule has 0 bridgehead atoms. The number of carbonyl (C=O) groups excluding carboxylic acids is 1. The van der Waals surface area contributed by atoms with Crippen molar-refractivity contribution in [1.29, 1.82) is 0 Å². The Balaban J connectivity index is 1.54. The molecule has 0 spiro atoms. The number of nitrogens with zero attached hydrogens (tertiary/aromatic N) is 1. The second kappa shape index (κ2) is 5.76. The second-order valence-corrected chi connectivity index (χ2v) is 6.81. The fraction of sp³-hybridized carbons (Fsp3) is 0.211. The number of aromatic nitrogens is 1. The topological polar surface area (TPSA) is 63.0 Å². The van der Waals surface area contributed by atoms with Gasteiger partial charge in [0.25, 0.3) is 5.91 Å². The average molecular weight is 334 g/mol. The summed E-state index contributed by atoms with van der Waals surface area (Å²) in [5.41, 5.74) is 3.71. The molecule has 0 unspecified atom stereocenters. The molecule has 0 fully saturated rings. The van der Waals surface area contributed by atoms with Crippen molar-refractivity contribution in [2.45, 2.75) is 26.0 Å². The van der Waals surface area contributed by atoms with Gasteiger partial charge >= 0.3 is 7.12 Å². The first-order valence-electron chi connectivity index (χ1n) is 8.29. The van der Waals surface area contributed by atoms with Gasteiger partial charge in [0.05, 0.1) is 16.7 Å². The normalized spacial score (nSPS) is 15.4.